The summed E-state index contributed by atoms with van der Waals surface area (Å²) in [5, 5.41) is 18.0. The molecule has 4 heteroatoms. The lowest BCUT2D eigenvalue weighted by Gasteiger charge is -2.30. The maximum absolute atomic E-state index is 10.3. The fraction of sp³-hybridized carbons (Fsp3) is 0.529. The van der Waals surface area contributed by atoms with Gasteiger partial charge in [0.1, 0.15) is 0 Å². The molecule has 0 radical (unpaired) electrons. The van der Waals surface area contributed by atoms with Gasteiger partial charge in [0, 0.05) is 28.8 Å². The lowest BCUT2D eigenvalue weighted by Crippen LogP contribution is -2.45. The summed E-state index contributed by atoms with van der Waals surface area (Å²) in [4.78, 5) is 3.19. The average molecular weight is 285 g/mol. The molecule has 1 heterocycles. The smallest absolute Gasteiger partial charge is 0.181 e. The lowest BCUT2D eigenvalue weighted by atomic mass is 9.85. The second-order valence-corrected chi connectivity index (χ2v) is 6.67. The Morgan fingerprint density at radius 1 is 1.10 bits per heavy atom. The van der Waals surface area contributed by atoms with Crippen LogP contribution in [-0.4, -0.2) is 22.5 Å². The van der Waals surface area contributed by atoms with Gasteiger partial charge >= 0.3 is 0 Å². The van der Waals surface area contributed by atoms with E-state index < -0.39 is 6.35 Å². The predicted octanol–water partition coefficient (Wildman–Crippen LogP) is 3.02. The number of aliphatic hydroxyl groups excluding tert-OH is 1. The van der Waals surface area contributed by atoms with Gasteiger partial charge in [0.05, 0.1) is 0 Å². The number of benzene rings is 1. The zero-order valence-electron chi connectivity index (χ0n) is 12.2. The van der Waals surface area contributed by atoms with E-state index in [1.54, 1.807) is 0 Å². The van der Waals surface area contributed by atoms with Crippen LogP contribution in [0.3, 0.4) is 0 Å². The summed E-state index contributed by atoms with van der Waals surface area (Å²) in [7, 11) is 0. The minimum atomic E-state index is -0.687. The molecule has 2 aliphatic rings. The number of aromatic nitrogens is 1. The molecule has 4 N–H and O–H groups in total. The number of hydrogen-bond donors (Lipinski definition) is 4. The van der Waals surface area contributed by atoms with Crippen LogP contribution in [0, 0.1) is 11.8 Å². The third-order valence-electron chi connectivity index (χ3n) is 5.17. The van der Waals surface area contributed by atoms with Crippen molar-refractivity contribution in [1.82, 2.24) is 10.3 Å². The first kappa shape index (κ1) is 13.2. The zero-order valence-corrected chi connectivity index (χ0v) is 12.2. The van der Waals surface area contributed by atoms with Crippen LogP contribution in [0.15, 0.2) is 30.5 Å². The van der Waals surface area contributed by atoms with Crippen LogP contribution < -0.4 is 10.6 Å². The molecule has 1 aromatic heterocycles. The molecule has 112 valence electrons. The Balaban J connectivity index is 1.41. The van der Waals surface area contributed by atoms with Gasteiger partial charge in [0.15, 0.2) is 6.35 Å². The van der Waals surface area contributed by atoms with Gasteiger partial charge in [-0.25, -0.2) is 0 Å². The Labute approximate surface area is 124 Å². The van der Waals surface area contributed by atoms with Crippen molar-refractivity contribution in [1.29, 1.82) is 0 Å². The van der Waals surface area contributed by atoms with Crippen molar-refractivity contribution in [3.05, 3.63) is 30.5 Å². The van der Waals surface area contributed by atoms with Crippen molar-refractivity contribution < 1.29 is 5.11 Å². The van der Waals surface area contributed by atoms with Crippen molar-refractivity contribution in [3.8, 4) is 0 Å². The minimum absolute atomic E-state index is 0.448. The first-order valence-corrected chi connectivity index (χ1v) is 8.04. The Morgan fingerprint density at radius 3 is 2.71 bits per heavy atom. The van der Waals surface area contributed by atoms with Crippen LogP contribution in [0.4, 0.5) is 5.69 Å². The van der Waals surface area contributed by atoms with Gasteiger partial charge in [-0.05, 0) is 49.3 Å². The highest BCUT2D eigenvalue weighted by atomic mass is 16.3. The van der Waals surface area contributed by atoms with Crippen molar-refractivity contribution in [2.45, 2.75) is 44.5 Å². The number of nitrogens with one attached hydrogen (secondary N) is 3. The predicted molar refractivity (Wildman–Crippen MR) is 84.9 cm³/mol. The van der Waals surface area contributed by atoms with E-state index in [0.29, 0.717) is 6.04 Å². The molecular formula is C17H23N3O. The van der Waals surface area contributed by atoms with E-state index >= 15 is 0 Å². The van der Waals surface area contributed by atoms with Crippen molar-refractivity contribution in [2.24, 2.45) is 11.8 Å². The Bertz CT molecular complexity index is 611. The molecule has 4 rings (SSSR count). The maximum Gasteiger partial charge on any atom is 0.181 e. The Morgan fingerprint density at radius 2 is 1.90 bits per heavy atom. The summed E-state index contributed by atoms with van der Waals surface area (Å²) in [5.41, 5.74) is 2.05. The first-order chi connectivity index (χ1) is 10.3. The summed E-state index contributed by atoms with van der Waals surface area (Å²) in [5.74, 6) is 1.75. The van der Waals surface area contributed by atoms with Gasteiger partial charge in [0.2, 0.25) is 0 Å². The van der Waals surface area contributed by atoms with Gasteiger partial charge in [-0.1, -0.05) is 18.9 Å². The van der Waals surface area contributed by atoms with Gasteiger partial charge < -0.3 is 15.4 Å². The van der Waals surface area contributed by atoms with Gasteiger partial charge in [-0.3, -0.25) is 5.32 Å². The van der Waals surface area contributed by atoms with Crippen LogP contribution in [-0.2, 0) is 0 Å². The molecule has 2 aliphatic carbocycles. The number of aliphatic hydroxyl groups is 1. The van der Waals surface area contributed by atoms with Gasteiger partial charge in [-0.2, -0.15) is 0 Å². The lowest BCUT2D eigenvalue weighted by molar-refractivity contribution is 0.127. The highest BCUT2D eigenvalue weighted by Gasteiger charge is 2.34. The average Bonchev–Trinajstić information content (AvgIpc) is 3.06. The standard InChI is InChI=1S/C17H23N3O/c21-17(19-13-9-11-4-5-12(8-11)10-13)20-16-3-1-2-15-14(16)6-7-18-15/h1-3,6-7,11-13,17-21H,4-5,8-10H2. The normalized spacial score (nSPS) is 29.7. The fourth-order valence-corrected chi connectivity index (χ4v) is 4.27. The third-order valence-corrected chi connectivity index (χ3v) is 5.17. The molecule has 0 amide bonds. The highest BCUT2D eigenvalue weighted by Crippen LogP contribution is 2.41. The molecule has 21 heavy (non-hydrogen) atoms. The topological polar surface area (TPSA) is 60.1 Å². The highest BCUT2D eigenvalue weighted by molar-refractivity contribution is 5.91. The summed E-state index contributed by atoms with van der Waals surface area (Å²) in [6.45, 7) is 0. The zero-order chi connectivity index (χ0) is 14.2. The summed E-state index contributed by atoms with van der Waals surface area (Å²) in [6, 6.07) is 8.52. The van der Waals surface area contributed by atoms with Gasteiger partial charge in [-0.15, -0.1) is 0 Å². The summed E-state index contributed by atoms with van der Waals surface area (Å²) >= 11 is 0. The van der Waals surface area contributed by atoms with E-state index in [9.17, 15) is 5.11 Å². The van der Waals surface area contributed by atoms with Crippen LogP contribution >= 0.6 is 0 Å². The van der Waals surface area contributed by atoms with Crippen molar-refractivity contribution in [3.63, 3.8) is 0 Å². The van der Waals surface area contributed by atoms with Crippen molar-refractivity contribution >= 4 is 16.6 Å². The molecule has 3 atom stereocenters. The molecule has 2 fully saturated rings. The number of hydrogen-bond acceptors (Lipinski definition) is 3. The molecule has 4 nitrogen and oxygen atoms in total. The molecule has 2 bridgehead atoms. The second kappa shape index (κ2) is 5.35. The van der Waals surface area contributed by atoms with Crippen LogP contribution in [0.5, 0.6) is 0 Å². The number of rotatable bonds is 4. The molecule has 1 aromatic carbocycles. The van der Waals surface area contributed by atoms with Crippen LogP contribution in [0.2, 0.25) is 0 Å². The summed E-state index contributed by atoms with van der Waals surface area (Å²) in [6.07, 6.45) is 7.84. The van der Waals surface area contributed by atoms with E-state index in [1.807, 2.05) is 30.5 Å². The number of anilines is 1. The maximum atomic E-state index is 10.3. The summed E-state index contributed by atoms with van der Waals surface area (Å²) < 4.78 is 0. The Kier molecular flexibility index (Phi) is 3.36. The molecule has 2 saturated carbocycles. The monoisotopic (exact) mass is 285 g/mol. The number of H-pyrrole nitrogens is 1. The first-order valence-electron chi connectivity index (χ1n) is 8.04. The molecular weight excluding hydrogens is 262 g/mol. The quantitative estimate of drug-likeness (QED) is 0.653. The van der Waals surface area contributed by atoms with Gasteiger partial charge in [0.25, 0.3) is 0 Å². The molecule has 3 unspecified atom stereocenters. The van der Waals surface area contributed by atoms with E-state index in [4.69, 9.17) is 0 Å². The van der Waals surface area contributed by atoms with E-state index in [2.05, 4.69) is 15.6 Å². The van der Waals surface area contributed by atoms with E-state index in [1.165, 1.54) is 32.1 Å². The number of fused-ring (bicyclic) bond motifs is 3. The van der Waals surface area contributed by atoms with Crippen molar-refractivity contribution in [2.75, 3.05) is 5.32 Å². The molecule has 0 spiro atoms. The molecule has 0 saturated heterocycles. The fourth-order valence-electron chi connectivity index (χ4n) is 4.27. The largest absolute Gasteiger partial charge is 0.361 e. The Hall–Kier alpha value is -1.52. The molecule has 0 aliphatic heterocycles. The van der Waals surface area contributed by atoms with E-state index in [0.717, 1.165) is 28.4 Å². The molecule has 2 aromatic rings. The van der Waals surface area contributed by atoms with Crippen LogP contribution in [0.25, 0.3) is 10.9 Å². The third kappa shape index (κ3) is 2.65. The minimum Gasteiger partial charge on any atom is -0.361 e. The number of aromatic amines is 1. The SMILES string of the molecule is OC(Nc1cccc2[nH]ccc12)NC1CC2CCC(C2)C1. The van der Waals surface area contributed by atoms with Crippen LogP contribution in [0.1, 0.15) is 32.1 Å². The van der Waals surface area contributed by atoms with E-state index in [-0.39, 0.29) is 0 Å². The second-order valence-electron chi connectivity index (χ2n) is 6.67.